The normalized spacial score (nSPS) is 11.7. The van der Waals surface area contributed by atoms with Crippen molar-refractivity contribution >= 4 is 24.4 Å². The molecule has 17 heavy (non-hydrogen) atoms. The summed E-state index contributed by atoms with van der Waals surface area (Å²) in [6, 6.07) is 1.42. The smallest absolute Gasteiger partial charge is 0.338 e. The Morgan fingerprint density at radius 1 is 1.41 bits per heavy atom. The molecule has 0 aromatic carbocycles. The van der Waals surface area contributed by atoms with Crippen molar-refractivity contribution in [3.8, 4) is 0 Å². The number of carbonyl (C=O) groups is 1. The van der Waals surface area contributed by atoms with Crippen LogP contribution in [0.15, 0.2) is 16.7 Å². The number of hydrogen-bond acceptors (Lipinski definition) is 5. The fraction of sp³-hybridized carbons (Fsp3) is 0.500. The first-order valence-corrected chi connectivity index (χ1v) is 7.27. The number of halogens is 1. The van der Waals surface area contributed by atoms with Gasteiger partial charge in [0.05, 0.1) is 25.0 Å². The molecule has 1 aromatic heterocycles. The van der Waals surface area contributed by atoms with Gasteiger partial charge in [-0.15, -0.1) is 0 Å². The average molecular weight is 281 g/mol. The van der Waals surface area contributed by atoms with Crippen LogP contribution in [0.5, 0.6) is 0 Å². The summed E-state index contributed by atoms with van der Waals surface area (Å²) in [6.45, 7) is 3.92. The van der Waals surface area contributed by atoms with E-state index >= 15 is 0 Å². The third kappa shape index (κ3) is 3.96. The van der Waals surface area contributed by atoms with E-state index in [1.807, 2.05) is 0 Å². The Hall–Kier alpha value is -0.610. The second-order valence-corrected chi connectivity index (χ2v) is 5.53. The van der Waals surface area contributed by atoms with Crippen molar-refractivity contribution in [1.29, 1.82) is 0 Å². The second-order valence-electron chi connectivity index (χ2n) is 3.14. The van der Waals surface area contributed by atoms with E-state index in [0.717, 1.165) is 0 Å². The molecule has 0 N–H and O–H groups in total. The number of carbonyl (C=O) groups excluding carboxylic acids is 1. The van der Waals surface area contributed by atoms with Gasteiger partial charge in [0.15, 0.2) is 0 Å². The molecule has 0 radical (unpaired) electrons. The molecule has 0 fully saturated rings. The van der Waals surface area contributed by atoms with Crippen LogP contribution in [0.25, 0.3) is 0 Å². The lowest BCUT2D eigenvalue weighted by Crippen LogP contribution is -2.01. The van der Waals surface area contributed by atoms with Crippen molar-refractivity contribution in [2.75, 3.05) is 13.2 Å². The van der Waals surface area contributed by atoms with E-state index in [9.17, 15) is 9.36 Å². The van der Waals surface area contributed by atoms with Crippen molar-refractivity contribution in [1.82, 2.24) is 0 Å². The Bertz CT molecular complexity index is 418. The fourth-order valence-corrected chi connectivity index (χ4v) is 3.14. The van der Waals surface area contributed by atoms with E-state index in [1.54, 1.807) is 13.8 Å². The molecule has 0 unspecified atom stereocenters. The lowest BCUT2D eigenvalue weighted by atomic mass is 10.3. The lowest BCUT2D eigenvalue weighted by molar-refractivity contribution is 0.108. The van der Waals surface area contributed by atoms with Gasteiger partial charge in [0, 0.05) is 0 Å². The van der Waals surface area contributed by atoms with Crippen LogP contribution in [0.2, 0.25) is 0 Å². The largest absolute Gasteiger partial charge is 0.468 e. The maximum absolute atomic E-state index is 12.2. The third-order valence-corrected chi connectivity index (χ3v) is 4.13. The number of furan rings is 1. The van der Waals surface area contributed by atoms with Crippen LogP contribution < -0.4 is 0 Å². The van der Waals surface area contributed by atoms with Gasteiger partial charge in [-0.25, -0.2) is 0 Å². The van der Waals surface area contributed by atoms with Crippen LogP contribution in [-0.2, 0) is 19.8 Å². The predicted molar refractivity (Wildman–Crippen MR) is 63.5 cm³/mol. The zero-order valence-corrected chi connectivity index (χ0v) is 11.3. The molecule has 0 bridgehead atoms. The maximum atomic E-state index is 12.2. The van der Waals surface area contributed by atoms with Crippen molar-refractivity contribution in [3.05, 3.63) is 23.7 Å². The second kappa shape index (κ2) is 6.36. The molecule has 0 aliphatic rings. The molecule has 1 aromatic rings. The zero-order chi connectivity index (χ0) is 12.9. The summed E-state index contributed by atoms with van der Waals surface area (Å²) >= 11 is 5.36. The van der Waals surface area contributed by atoms with Gasteiger partial charge in [-0.2, -0.15) is 0 Å². The van der Waals surface area contributed by atoms with E-state index in [0.29, 0.717) is 0 Å². The first-order chi connectivity index (χ1) is 8.02. The van der Waals surface area contributed by atoms with Gasteiger partial charge in [-0.1, -0.05) is 0 Å². The van der Waals surface area contributed by atoms with Crippen LogP contribution in [0.3, 0.4) is 0 Å². The summed E-state index contributed by atoms with van der Waals surface area (Å²) in [6.07, 6.45) is 1.21. The Balaban J connectivity index is 2.89. The summed E-state index contributed by atoms with van der Waals surface area (Å²) in [7, 11) is -3.28. The molecule has 0 saturated heterocycles. The van der Waals surface area contributed by atoms with Gasteiger partial charge in [0.2, 0.25) is 0 Å². The standard InChI is InChI=1S/C10H14ClO5P/c1-3-15-17(13,16-4-2)7-9-8(10(11)12)5-6-14-9/h5-6H,3-4,7H2,1-2H3. The zero-order valence-electron chi connectivity index (χ0n) is 9.64. The highest BCUT2D eigenvalue weighted by atomic mass is 35.5. The predicted octanol–water partition coefficient (Wildman–Crippen LogP) is 3.42. The molecule has 1 rings (SSSR count). The quantitative estimate of drug-likeness (QED) is 0.565. The summed E-state index contributed by atoms with van der Waals surface area (Å²) < 4.78 is 27.5. The van der Waals surface area contributed by atoms with Crippen molar-refractivity contribution < 1.29 is 22.8 Å². The Kier molecular flexibility index (Phi) is 5.40. The van der Waals surface area contributed by atoms with E-state index < -0.39 is 12.8 Å². The minimum atomic E-state index is -3.28. The average Bonchev–Trinajstić information content (AvgIpc) is 2.66. The summed E-state index contributed by atoms with van der Waals surface area (Å²) in [5, 5.41) is -0.659. The minimum Gasteiger partial charge on any atom is -0.468 e. The highest BCUT2D eigenvalue weighted by Crippen LogP contribution is 2.51. The number of rotatable bonds is 7. The lowest BCUT2D eigenvalue weighted by Gasteiger charge is -2.15. The van der Waals surface area contributed by atoms with Gasteiger partial charge >= 0.3 is 7.60 Å². The molecule has 0 aliphatic heterocycles. The van der Waals surface area contributed by atoms with E-state index in [-0.39, 0.29) is 30.7 Å². The summed E-state index contributed by atoms with van der Waals surface area (Å²) in [5.41, 5.74) is 0.186. The van der Waals surface area contributed by atoms with E-state index in [4.69, 9.17) is 25.1 Å². The monoisotopic (exact) mass is 280 g/mol. The van der Waals surface area contributed by atoms with Crippen LogP contribution in [0.1, 0.15) is 30.0 Å². The van der Waals surface area contributed by atoms with E-state index in [1.165, 1.54) is 12.3 Å². The van der Waals surface area contributed by atoms with Gasteiger partial charge in [0.25, 0.3) is 5.24 Å². The molecule has 7 heteroatoms. The maximum Gasteiger partial charge on any atom is 0.338 e. The molecular weight excluding hydrogens is 267 g/mol. The van der Waals surface area contributed by atoms with Crippen molar-refractivity contribution in [2.24, 2.45) is 0 Å². The summed E-state index contributed by atoms with van der Waals surface area (Å²) in [4.78, 5) is 11.1. The van der Waals surface area contributed by atoms with E-state index in [2.05, 4.69) is 0 Å². The van der Waals surface area contributed by atoms with Gasteiger partial charge in [-0.05, 0) is 31.5 Å². The molecule has 1 heterocycles. The molecular formula is C10H14ClO5P. The topological polar surface area (TPSA) is 65.7 Å². The van der Waals surface area contributed by atoms with Gasteiger partial charge in [-0.3, -0.25) is 9.36 Å². The molecule has 96 valence electrons. The third-order valence-electron chi connectivity index (χ3n) is 1.95. The molecule has 0 aliphatic carbocycles. The van der Waals surface area contributed by atoms with Crippen LogP contribution >= 0.6 is 19.2 Å². The molecule has 5 nitrogen and oxygen atoms in total. The highest BCUT2D eigenvalue weighted by Gasteiger charge is 2.28. The van der Waals surface area contributed by atoms with Crippen LogP contribution in [0.4, 0.5) is 0 Å². The number of hydrogen-bond donors (Lipinski definition) is 0. The SMILES string of the molecule is CCOP(=O)(Cc1occc1C(=O)Cl)OCC. The first-order valence-electron chi connectivity index (χ1n) is 5.16. The van der Waals surface area contributed by atoms with Crippen LogP contribution in [-0.4, -0.2) is 18.5 Å². The first kappa shape index (κ1) is 14.5. The Labute approximate surface area is 105 Å². The molecule has 0 saturated carbocycles. The molecule has 0 amide bonds. The summed E-state index contributed by atoms with van der Waals surface area (Å²) in [5.74, 6) is 0.218. The van der Waals surface area contributed by atoms with Crippen molar-refractivity contribution in [2.45, 2.75) is 20.0 Å². The van der Waals surface area contributed by atoms with Gasteiger partial charge in [0.1, 0.15) is 11.9 Å². The fourth-order valence-electron chi connectivity index (χ4n) is 1.34. The molecule has 0 spiro atoms. The van der Waals surface area contributed by atoms with Crippen LogP contribution in [0, 0.1) is 0 Å². The Morgan fingerprint density at radius 2 is 2.00 bits per heavy atom. The molecule has 0 atom stereocenters. The minimum absolute atomic E-state index is 0.102. The Morgan fingerprint density at radius 3 is 2.47 bits per heavy atom. The highest BCUT2D eigenvalue weighted by molar-refractivity contribution is 7.53. The van der Waals surface area contributed by atoms with Crippen molar-refractivity contribution in [3.63, 3.8) is 0 Å². The van der Waals surface area contributed by atoms with Gasteiger partial charge < -0.3 is 13.5 Å².